The van der Waals surface area contributed by atoms with Crippen LogP contribution in [0.3, 0.4) is 0 Å². The maximum absolute atomic E-state index is 12.0. The number of nitrogens with zero attached hydrogens (tertiary/aromatic N) is 1. The quantitative estimate of drug-likeness (QED) is 0.717. The van der Waals surface area contributed by atoms with Crippen LogP contribution in [-0.2, 0) is 13.1 Å². The van der Waals surface area contributed by atoms with E-state index in [1.54, 1.807) is 0 Å². The van der Waals surface area contributed by atoms with Gasteiger partial charge in [-0.15, -0.1) is 0 Å². The monoisotopic (exact) mass is 388 g/mol. The van der Waals surface area contributed by atoms with Gasteiger partial charge in [0.05, 0.1) is 5.56 Å². The molecule has 1 fully saturated rings. The smallest absolute Gasteiger partial charge is 0.337 e. The fourth-order valence-electron chi connectivity index (χ4n) is 4.19. The summed E-state index contributed by atoms with van der Waals surface area (Å²) in [6.45, 7) is 7.39. The normalized spacial score (nSPS) is 20.0. The van der Waals surface area contributed by atoms with Gasteiger partial charge in [0.1, 0.15) is 0 Å². The largest absolute Gasteiger partial charge is 0.478 e. The molecule has 1 heterocycles. The number of nitrogens with one attached hydrogen (secondary N) is 1. The lowest BCUT2D eigenvalue weighted by Crippen LogP contribution is -2.32. The summed E-state index contributed by atoms with van der Waals surface area (Å²) in [5, 5.41) is 14.1. The van der Waals surface area contributed by atoms with Gasteiger partial charge in [-0.1, -0.05) is 36.7 Å². The van der Waals surface area contributed by atoms with E-state index in [-0.39, 0.29) is 0 Å². The van der Waals surface area contributed by atoms with Gasteiger partial charge in [0.2, 0.25) is 0 Å². The Bertz CT molecular complexity index is 820. The molecular weight excluding hydrogens is 360 g/mol. The average molecular weight is 389 g/mol. The standard InChI is InChI=1S/C22H29ClN2O2/c1-14-8-10-18(11-9-14)24-12-19-15(2)25(16(3)21(19)22(26)27)13-17-6-4-5-7-20(17)23/h4-7,14,18,24H,8-13H2,1-3H3,(H,26,27). The third kappa shape index (κ3) is 4.39. The molecule has 2 N–H and O–H groups in total. The van der Waals surface area contributed by atoms with Gasteiger partial charge in [0, 0.05) is 41.1 Å². The van der Waals surface area contributed by atoms with Crippen molar-refractivity contribution in [2.75, 3.05) is 0 Å². The summed E-state index contributed by atoms with van der Waals surface area (Å²) in [4.78, 5) is 12.0. The second kappa shape index (κ2) is 8.49. The molecule has 27 heavy (non-hydrogen) atoms. The number of hydrogen-bond donors (Lipinski definition) is 2. The molecule has 3 rings (SSSR count). The van der Waals surface area contributed by atoms with E-state index in [1.165, 1.54) is 25.7 Å². The van der Waals surface area contributed by atoms with Crippen LogP contribution >= 0.6 is 11.6 Å². The first-order valence-electron chi connectivity index (χ1n) is 9.77. The Labute approximate surface area is 166 Å². The molecule has 1 aromatic carbocycles. The molecule has 1 aliphatic rings. The van der Waals surface area contributed by atoms with Gasteiger partial charge in [0.25, 0.3) is 0 Å². The molecule has 0 saturated heterocycles. The molecule has 1 aromatic heterocycles. The molecule has 1 saturated carbocycles. The van der Waals surface area contributed by atoms with E-state index in [0.29, 0.717) is 29.7 Å². The minimum Gasteiger partial charge on any atom is -0.478 e. The van der Waals surface area contributed by atoms with Crippen molar-refractivity contribution >= 4 is 17.6 Å². The molecular formula is C22H29ClN2O2. The van der Waals surface area contributed by atoms with E-state index in [9.17, 15) is 9.90 Å². The second-order valence-electron chi connectivity index (χ2n) is 7.84. The first-order valence-corrected chi connectivity index (χ1v) is 10.1. The lowest BCUT2D eigenvalue weighted by atomic mass is 9.87. The topological polar surface area (TPSA) is 54.3 Å². The molecule has 0 atom stereocenters. The molecule has 0 bridgehead atoms. The number of benzene rings is 1. The van der Waals surface area contributed by atoms with E-state index in [0.717, 1.165) is 28.4 Å². The van der Waals surface area contributed by atoms with Crippen molar-refractivity contribution in [3.8, 4) is 0 Å². The lowest BCUT2D eigenvalue weighted by molar-refractivity contribution is 0.0694. The molecule has 0 amide bonds. The minimum atomic E-state index is -0.859. The number of rotatable bonds is 6. The van der Waals surface area contributed by atoms with E-state index in [4.69, 9.17) is 11.6 Å². The van der Waals surface area contributed by atoms with Crippen molar-refractivity contribution in [2.45, 2.75) is 65.6 Å². The molecule has 0 aliphatic heterocycles. The zero-order valence-electron chi connectivity index (χ0n) is 16.4. The highest BCUT2D eigenvalue weighted by molar-refractivity contribution is 6.31. The van der Waals surface area contributed by atoms with Crippen LogP contribution in [0.1, 0.15) is 65.5 Å². The van der Waals surface area contributed by atoms with Crippen LogP contribution in [0.5, 0.6) is 0 Å². The second-order valence-corrected chi connectivity index (χ2v) is 8.25. The third-order valence-corrected chi connectivity index (χ3v) is 6.36. The predicted molar refractivity (Wildman–Crippen MR) is 110 cm³/mol. The number of carboxylic acids is 1. The van der Waals surface area contributed by atoms with E-state index >= 15 is 0 Å². The van der Waals surface area contributed by atoms with Gasteiger partial charge in [-0.2, -0.15) is 0 Å². The highest BCUT2D eigenvalue weighted by Crippen LogP contribution is 2.27. The van der Waals surface area contributed by atoms with Crippen molar-refractivity contribution in [2.24, 2.45) is 5.92 Å². The molecule has 0 unspecified atom stereocenters. The maximum atomic E-state index is 12.0. The Balaban J connectivity index is 1.85. The predicted octanol–water partition coefficient (Wildman–Crippen LogP) is 5.17. The molecule has 1 aliphatic carbocycles. The summed E-state index contributed by atoms with van der Waals surface area (Å²) in [5.41, 5.74) is 4.11. The summed E-state index contributed by atoms with van der Waals surface area (Å²) >= 11 is 6.32. The number of aromatic carboxylic acids is 1. The summed E-state index contributed by atoms with van der Waals surface area (Å²) in [6.07, 6.45) is 4.83. The molecule has 0 spiro atoms. The van der Waals surface area contributed by atoms with E-state index < -0.39 is 5.97 Å². The van der Waals surface area contributed by atoms with Crippen LogP contribution < -0.4 is 5.32 Å². The van der Waals surface area contributed by atoms with Gasteiger partial charge in [-0.05, 0) is 57.1 Å². The highest BCUT2D eigenvalue weighted by Gasteiger charge is 2.24. The number of halogens is 1. The van der Waals surface area contributed by atoms with Crippen molar-refractivity contribution in [3.05, 3.63) is 57.4 Å². The molecule has 146 valence electrons. The summed E-state index contributed by atoms with van der Waals surface area (Å²) in [6, 6.07) is 8.21. The van der Waals surface area contributed by atoms with Crippen molar-refractivity contribution in [3.63, 3.8) is 0 Å². The van der Waals surface area contributed by atoms with E-state index in [2.05, 4.69) is 16.8 Å². The van der Waals surface area contributed by atoms with Crippen LogP contribution in [0, 0.1) is 19.8 Å². The molecule has 0 radical (unpaired) electrons. The maximum Gasteiger partial charge on any atom is 0.337 e. The Morgan fingerprint density at radius 3 is 2.48 bits per heavy atom. The highest BCUT2D eigenvalue weighted by atomic mass is 35.5. The zero-order valence-corrected chi connectivity index (χ0v) is 17.1. The van der Waals surface area contributed by atoms with Crippen LogP contribution in [0.15, 0.2) is 24.3 Å². The number of carboxylic acid groups (broad SMARTS) is 1. The Hall–Kier alpha value is -1.78. The summed E-state index contributed by atoms with van der Waals surface area (Å²) in [7, 11) is 0. The van der Waals surface area contributed by atoms with Gasteiger partial charge in [0.15, 0.2) is 0 Å². The summed E-state index contributed by atoms with van der Waals surface area (Å²) in [5.74, 6) is -0.0547. The number of hydrogen-bond acceptors (Lipinski definition) is 2. The first kappa shape index (κ1) is 20.0. The Morgan fingerprint density at radius 2 is 1.85 bits per heavy atom. The summed E-state index contributed by atoms with van der Waals surface area (Å²) < 4.78 is 2.07. The number of aromatic nitrogens is 1. The zero-order chi connectivity index (χ0) is 19.6. The SMILES string of the molecule is Cc1c(CNC2CCC(C)CC2)c(C(=O)O)c(C)n1Cc1ccccc1Cl. The fourth-order valence-corrected chi connectivity index (χ4v) is 4.39. The Morgan fingerprint density at radius 1 is 1.19 bits per heavy atom. The lowest BCUT2D eigenvalue weighted by Gasteiger charge is -2.27. The molecule has 4 nitrogen and oxygen atoms in total. The van der Waals surface area contributed by atoms with Gasteiger partial charge < -0.3 is 15.0 Å². The fraction of sp³-hybridized carbons (Fsp3) is 0.500. The van der Waals surface area contributed by atoms with Crippen molar-refractivity contribution < 1.29 is 9.90 Å². The van der Waals surface area contributed by atoms with Gasteiger partial charge in [-0.25, -0.2) is 4.79 Å². The first-order chi connectivity index (χ1) is 12.9. The average Bonchev–Trinajstić information content (AvgIpc) is 2.87. The number of carbonyl (C=O) groups is 1. The van der Waals surface area contributed by atoms with Crippen LogP contribution in [-0.4, -0.2) is 21.7 Å². The van der Waals surface area contributed by atoms with Crippen molar-refractivity contribution in [1.82, 2.24) is 9.88 Å². The van der Waals surface area contributed by atoms with Crippen LogP contribution in [0.25, 0.3) is 0 Å². The Kier molecular flexibility index (Phi) is 6.28. The van der Waals surface area contributed by atoms with Crippen LogP contribution in [0.4, 0.5) is 0 Å². The van der Waals surface area contributed by atoms with Crippen molar-refractivity contribution in [1.29, 1.82) is 0 Å². The van der Waals surface area contributed by atoms with Gasteiger partial charge in [-0.3, -0.25) is 0 Å². The van der Waals surface area contributed by atoms with Gasteiger partial charge >= 0.3 is 5.97 Å². The van der Waals surface area contributed by atoms with Crippen LogP contribution in [0.2, 0.25) is 5.02 Å². The molecule has 2 aromatic rings. The minimum absolute atomic E-state index is 0.427. The third-order valence-electron chi connectivity index (χ3n) is 5.99. The van der Waals surface area contributed by atoms with E-state index in [1.807, 2.05) is 38.1 Å². The molecule has 5 heteroatoms.